The van der Waals surface area contributed by atoms with E-state index in [-0.39, 0.29) is 0 Å². The van der Waals surface area contributed by atoms with Crippen LogP contribution in [0.5, 0.6) is 0 Å². The zero-order valence-corrected chi connectivity index (χ0v) is 12.3. The monoisotopic (exact) mass is 260 g/mol. The van der Waals surface area contributed by atoms with Gasteiger partial charge in [-0.2, -0.15) is 0 Å². The molecule has 0 radical (unpaired) electrons. The van der Waals surface area contributed by atoms with Gasteiger partial charge in [0.2, 0.25) is 0 Å². The van der Waals surface area contributed by atoms with Crippen molar-refractivity contribution in [3.63, 3.8) is 0 Å². The lowest BCUT2D eigenvalue weighted by atomic mass is 10.0. The molecule has 0 amide bonds. The van der Waals surface area contributed by atoms with Crippen LogP contribution in [0.15, 0.2) is 29.3 Å². The van der Waals surface area contributed by atoms with Gasteiger partial charge in [-0.15, -0.1) is 0 Å². The Labute approximate surface area is 115 Å². The van der Waals surface area contributed by atoms with E-state index in [0.29, 0.717) is 12.1 Å². The second kappa shape index (κ2) is 6.06. The van der Waals surface area contributed by atoms with Gasteiger partial charge in [0.25, 0.3) is 0 Å². The van der Waals surface area contributed by atoms with E-state index in [1.54, 1.807) is 0 Å². The van der Waals surface area contributed by atoms with Crippen molar-refractivity contribution < 1.29 is 0 Å². The van der Waals surface area contributed by atoms with Gasteiger partial charge in [0.15, 0.2) is 5.96 Å². The summed E-state index contributed by atoms with van der Waals surface area (Å²) in [6.07, 6.45) is 0. The lowest BCUT2D eigenvalue weighted by molar-refractivity contribution is 0.298. The van der Waals surface area contributed by atoms with Crippen LogP contribution < -0.4 is 10.6 Å². The molecule has 4 heteroatoms. The molecule has 1 heterocycles. The summed E-state index contributed by atoms with van der Waals surface area (Å²) in [5.41, 5.74) is 2.62. The highest BCUT2D eigenvalue weighted by atomic mass is 15.2. The highest BCUT2D eigenvalue weighted by Gasteiger charge is 2.17. The molecule has 1 aliphatic rings. The third-order valence-corrected chi connectivity index (χ3v) is 3.45. The second-order valence-electron chi connectivity index (χ2n) is 5.51. The first-order chi connectivity index (χ1) is 9.06. The third kappa shape index (κ3) is 3.70. The van der Waals surface area contributed by atoms with E-state index >= 15 is 0 Å². The average molecular weight is 260 g/mol. The second-order valence-corrected chi connectivity index (χ2v) is 5.51. The van der Waals surface area contributed by atoms with E-state index in [9.17, 15) is 0 Å². The van der Waals surface area contributed by atoms with Crippen molar-refractivity contribution >= 4 is 5.96 Å². The molecule has 19 heavy (non-hydrogen) atoms. The van der Waals surface area contributed by atoms with Gasteiger partial charge in [-0.05, 0) is 33.5 Å². The summed E-state index contributed by atoms with van der Waals surface area (Å²) in [4.78, 5) is 6.66. The van der Waals surface area contributed by atoms with Crippen molar-refractivity contribution in [1.82, 2.24) is 15.5 Å². The Morgan fingerprint density at radius 1 is 1.37 bits per heavy atom. The van der Waals surface area contributed by atoms with E-state index < -0.39 is 0 Å². The standard InChI is InChI=1S/C15H24N4/c1-11-5-7-13(8-6-11)14(19(3)4)10-17-15-16-9-12(2)18-15/h5-8,12,14H,9-10H2,1-4H3,(H2,16,17,18). The number of benzene rings is 1. The van der Waals surface area contributed by atoms with Gasteiger partial charge in [-0.1, -0.05) is 29.8 Å². The Hall–Kier alpha value is -1.55. The first-order valence-electron chi connectivity index (χ1n) is 6.84. The number of likely N-dealkylation sites (N-methyl/N-ethyl adjacent to an activating group) is 1. The van der Waals surface area contributed by atoms with Crippen molar-refractivity contribution in [3.05, 3.63) is 35.4 Å². The fraction of sp³-hybridized carbons (Fsp3) is 0.533. The lowest BCUT2D eigenvalue weighted by Gasteiger charge is -2.25. The number of nitrogens with zero attached hydrogens (tertiary/aromatic N) is 2. The van der Waals surface area contributed by atoms with Crippen LogP contribution in [0.4, 0.5) is 0 Å². The Morgan fingerprint density at radius 2 is 2.05 bits per heavy atom. The molecule has 1 aliphatic heterocycles. The van der Waals surface area contributed by atoms with Gasteiger partial charge in [0, 0.05) is 12.6 Å². The SMILES string of the molecule is Cc1ccc(C(CNC2=NCC(C)N2)N(C)C)cc1. The van der Waals surface area contributed by atoms with E-state index in [1.807, 2.05) is 0 Å². The van der Waals surface area contributed by atoms with Crippen molar-refractivity contribution in [3.8, 4) is 0 Å². The first-order valence-corrected chi connectivity index (χ1v) is 6.84. The maximum atomic E-state index is 4.43. The Bertz CT molecular complexity index is 436. The number of aliphatic imine (C=N–C) groups is 1. The van der Waals surface area contributed by atoms with E-state index in [2.05, 4.69) is 72.7 Å². The predicted molar refractivity (Wildman–Crippen MR) is 80.5 cm³/mol. The summed E-state index contributed by atoms with van der Waals surface area (Å²) < 4.78 is 0. The van der Waals surface area contributed by atoms with Crippen LogP contribution in [0.25, 0.3) is 0 Å². The molecular weight excluding hydrogens is 236 g/mol. The topological polar surface area (TPSA) is 39.7 Å². The van der Waals surface area contributed by atoms with E-state index in [1.165, 1.54) is 11.1 Å². The van der Waals surface area contributed by atoms with E-state index in [4.69, 9.17) is 0 Å². The molecule has 0 fully saturated rings. The number of rotatable bonds is 4. The largest absolute Gasteiger partial charge is 0.354 e. The van der Waals surface area contributed by atoms with Crippen LogP contribution in [0, 0.1) is 6.92 Å². The molecule has 1 aromatic carbocycles. The number of hydrogen-bond donors (Lipinski definition) is 2. The maximum Gasteiger partial charge on any atom is 0.191 e. The van der Waals surface area contributed by atoms with Crippen molar-refractivity contribution in [2.45, 2.75) is 25.9 Å². The zero-order valence-electron chi connectivity index (χ0n) is 12.3. The molecular formula is C15H24N4. The third-order valence-electron chi connectivity index (χ3n) is 3.45. The van der Waals surface area contributed by atoms with Crippen molar-refractivity contribution in [2.75, 3.05) is 27.2 Å². The van der Waals surface area contributed by atoms with Crippen LogP contribution in [0.3, 0.4) is 0 Å². The van der Waals surface area contributed by atoms with Crippen molar-refractivity contribution in [2.24, 2.45) is 4.99 Å². The summed E-state index contributed by atoms with van der Waals surface area (Å²) >= 11 is 0. The Balaban J connectivity index is 1.98. The van der Waals surface area contributed by atoms with Crippen LogP contribution in [0.1, 0.15) is 24.1 Å². The molecule has 0 bridgehead atoms. The molecule has 1 aromatic rings. The summed E-state index contributed by atoms with van der Waals surface area (Å²) in [6.45, 7) is 5.97. The van der Waals surface area contributed by atoms with Gasteiger partial charge in [0.1, 0.15) is 0 Å². The highest BCUT2D eigenvalue weighted by molar-refractivity contribution is 5.81. The van der Waals surface area contributed by atoms with Gasteiger partial charge in [-0.25, -0.2) is 0 Å². The minimum atomic E-state index is 0.348. The number of guanidine groups is 1. The predicted octanol–water partition coefficient (Wildman–Crippen LogP) is 1.54. The molecule has 2 N–H and O–H groups in total. The smallest absolute Gasteiger partial charge is 0.191 e. The van der Waals surface area contributed by atoms with Crippen LogP contribution >= 0.6 is 0 Å². The minimum Gasteiger partial charge on any atom is -0.354 e. The first kappa shape index (κ1) is 13.9. The highest BCUT2D eigenvalue weighted by Crippen LogP contribution is 2.17. The van der Waals surface area contributed by atoms with Crippen molar-refractivity contribution in [1.29, 1.82) is 0 Å². The molecule has 0 aromatic heterocycles. The maximum absolute atomic E-state index is 4.43. The van der Waals surface area contributed by atoms with Gasteiger partial charge in [0.05, 0.1) is 12.6 Å². The number of aryl methyl sites for hydroxylation is 1. The summed E-state index contributed by atoms with van der Waals surface area (Å²) in [5.74, 6) is 0.923. The zero-order chi connectivity index (χ0) is 13.8. The molecule has 2 rings (SSSR count). The van der Waals surface area contributed by atoms with Crippen LogP contribution in [-0.4, -0.2) is 44.1 Å². The minimum absolute atomic E-state index is 0.348. The van der Waals surface area contributed by atoms with Gasteiger partial charge < -0.3 is 15.5 Å². The van der Waals surface area contributed by atoms with Gasteiger partial charge in [-0.3, -0.25) is 4.99 Å². The molecule has 0 spiro atoms. The van der Waals surface area contributed by atoms with E-state index in [0.717, 1.165) is 19.0 Å². The molecule has 2 unspecified atom stereocenters. The summed E-state index contributed by atoms with van der Waals surface area (Å²) in [6, 6.07) is 9.53. The van der Waals surface area contributed by atoms with Crippen LogP contribution in [-0.2, 0) is 0 Å². The summed E-state index contributed by atoms with van der Waals surface area (Å²) in [7, 11) is 4.22. The molecule has 2 atom stereocenters. The molecule has 0 aliphatic carbocycles. The lowest BCUT2D eigenvalue weighted by Crippen LogP contribution is -2.41. The normalized spacial score (nSPS) is 20.1. The quantitative estimate of drug-likeness (QED) is 0.862. The molecule has 0 saturated carbocycles. The number of hydrogen-bond acceptors (Lipinski definition) is 4. The fourth-order valence-electron chi connectivity index (χ4n) is 2.24. The Morgan fingerprint density at radius 3 is 2.58 bits per heavy atom. The van der Waals surface area contributed by atoms with Gasteiger partial charge >= 0.3 is 0 Å². The van der Waals surface area contributed by atoms with Crippen LogP contribution in [0.2, 0.25) is 0 Å². The number of nitrogens with one attached hydrogen (secondary N) is 2. The Kier molecular flexibility index (Phi) is 4.43. The molecule has 0 saturated heterocycles. The summed E-state index contributed by atoms with van der Waals surface area (Å²) in [5, 5.41) is 6.73. The molecule has 4 nitrogen and oxygen atoms in total. The fourth-order valence-corrected chi connectivity index (χ4v) is 2.24. The molecule has 104 valence electrons. The average Bonchev–Trinajstić information content (AvgIpc) is 2.77.